The van der Waals surface area contributed by atoms with Gasteiger partial charge in [0, 0.05) is 43.8 Å². The maximum absolute atomic E-state index is 4.61. The van der Waals surface area contributed by atoms with Gasteiger partial charge in [-0.05, 0) is 12.5 Å². The summed E-state index contributed by atoms with van der Waals surface area (Å²) >= 11 is 1.72. The van der Waals surface area contributed by atoms with E-state index in [1.54, 1.807) is 24.6 Å². The zero-order chi connectivity index (χ0) is 15.8. The third-order valence-corrected chi connectivity index (χ3v) is 4.33. The highest BCUT2D eigenvalue weighted by Crippen LogP contribution is 2.18. The molecular weight excluding hydrogens is 296 g/mol. The van der Waals surface area contributed by atoms with Gasteiger partial charge in [-0.2, -0.15) is 5.10 Å². The Morgan fingerprint density at radius 2 is 2.27 bits per heavy atom. The second-order valence-corrected chi connectivity index (χ2v) is 6.20. The summed E-state index contributed by atoms with van der Waals surface area (Å²) < 4.78 is 1.93. The van der Waals surface area contributed by atoms with Crippen molar-refractivity contribution >= 4 is 17.3 Å². The fraction of sp³-hybridized carbons (Fsp3) is 0.533. The molecule has 0 unspecified atom stereocenters. The maximum atomic E-state index is 4.61. The molecule has 0 radical (unpaired) electrons. The quantitative estimate of drug-likeness (QED) is 0.466. The van der Waals surface area contributed by atoms with Crippen LogP contribution < -0.4 is 10.6 Å². The third-order valence-electron chi connectivity index (χ3n) is 3.14. The monoisotopic (exact) mass is 320 g/mol. The number of hydrogen-bond acceptors (Lipinski definition) is 4. The number of aliphatic imine (C=N–C) groups is 1. The van der Waals surface area contributed by atoms with Crippen molar-refractivity contribution in [1.82, 2.24) is 25.4 Å². The molecule has 0 aromatic carbocycles. The predicted octanol–water partition coefficient (Wildman–Crippen LogP) is 2.22. The Labute approximate surface area is 135 Å². The minimum Gasteiger partial charge on any atom is -0.356 e. The van der Waals surface area contributed by atoms with Crippen LogP contribution in [0.5, 0.6) is 0 Å². The third kappa shape index (κ3) is 5.14. The van der Waals surface area contributed by atoms with Crippen molar-refractivity contribution in [3.8, 4) is 0 Å². The molecular formula is C15H24N6S. The molecule has 0 fully saturated rings. The standard InChI is InChI=1S/C15H24N6S/c1-12(2)14-20-13(11-22-14)10-18-15(16-3)17-6-4-8-21-9-5-7-19-21/h5,7,9,11-12H,4,6,8,10H2,1-3H3,(H2,16,17,18). The second kappa shape index (κ2) is 8.53. The summed E-state index contributed by atoms with van der Waals surface area (Å²) in [5.74, 6) is 1.29. The molecule has 2 heterocycles. The molecule has 0 saturated carbocycles. The summed E-state index contributed by atoms with van der Waals surface area (Å²) in [5.41, 5.74) is 1.06. The van der Waals surface area contributed by atoms with Crippen LogP contribution >= 0.6 is 11.3 Å². The van der Waals surface area contributed by atoms with Crippen molar-refractivity contribution in [3.63, 3.8) is 0 Å². The minimum absolute atomic E-state index is 0.485. The zero-order valence-corrected chi connectivity index (χ0v) is 14.2. The normalized spacial score (nSPS) is 11.9. The first-order valence-corrected chi connectivity index (χ1v) is 8.43. The van der Waals surface area contributed by atoms with E-state index in [4.69, 9.17) is 0 Å². The van der Waals surface area contributed by atoms with E-state index in [-0.39, 0.29) is 0 Å². The Morgan fingerprint density at radius 1 is 1.41 bits per heavy atom. The van der Waals surface area contributed by atoms with Crippen LogP contribution in [-0.2, 0) is 13.1 Å². The van der Waals surface area contributed by atoms with E-state index >= 15 is 0 Å². The number of thiazole rings is 1. The number of nitrogens with one attached hydrogen (secondary N) is 2. The highest BCUT2D eigenvalue weighted by molar-refractivity contribution is 7.09. The van der Waals surface area contributed by atoms with Gasteiger partial charge in [0.05, 0.1) is 17.2 Å². The van der Waals surface area contributed by atoms with Crippen LogP contribution in [-0.4, -0.2) is 34.3 Å². The van der Waals surface area contributed by atoms with E-state index in [2.05, 4.69) is 44.9 Å². The number of rotatable bonds is 7. The fourth-order valence-corrected chi connectivity index (χ4v) is 2.78. The van der Waals surface area contributed by atoms with Crippen molar-refractivity contribution in [2.75, 3.05) is 13.6 Å². The van der Waals surface area contributed by atoms with Crippen molar-refractivity contribution in [3.05, 3.63) is 34.5 Å². The van der Waals surface area contributed by atoms with Crippen LogP contribution in [0.2, 0.25) is 0 Å². The first kappa shape index (κ1) is 16.5. The Bertz CT molecular complexity index is 573. The Hall–Kier alpha value is -1.89. The van der Waals surface area contributed by atoms with Crippen molar-refractivity contribution < 1.29 is 0 Å². The molecule has 7 heteroatoms. The van der Waals surface area contributed by atoms with Gasteiger partial charge in [0.15, 0.2) is 5.96 Å². The van der Waals surface area contributed by atoms with Crippen LogP contribution in [0.4, 0.5) is 0 Å². The lowest BCUT2D eigenvalue weighted by Gasteiger charge is -2.11. The molecule has 0 spiro atoms. The second-order valence-electron chi connectivity index (χ2n) is 5.31. The lowest BCUT2D eigenvalue weighted by atomic mass is 10.2. The zero-order valence-electron chi connectivity index (χ0n) is 13.4. The molecule has 0 aliphatic carbocycles. The topological polar surface area (TPSA) is 67.1 Å². The largest absolute Gasteiger partial charge is 0.356 e. The average molecular weight is 320 g/mol. The summed E-state index contributed by atoms with van der Waals surface area (Å²) in [7, 11) is 1.78. The lowest BCUT2D eigenvalue weighted by molar-refractivity contribution is 0.570. The first-order chi connectivity index (χ1) is 10.7. The van der Waals surface area contributed by atoms with E-state index in [0.29, 0.717) is 12.5 Å². The van der Waals surface area contributed by atoms with Crippen molar-refractivity contribution in [2.45, 2.75) is 39.3 Å². The van der Waals surface area contributed by atoms with Gasteiger partial charge in [0.2, 0.25) is 0 Å². The molecule has 120 valence electrons. The first-order valence-electron chi connectivity index (χ1n) is 7.55. The summed E-state index contributed by atoms with van der Waals surface area (Å²) in [6, 6.07) is 1.94. The van der Waals surface area contributed by atoms with Crippen molar-refractivity contribution in [2.24, 2.45) is 4.99 Å². The molecule has 6 nitrogen and oxygen atoms in total. The summed E-state index contributed by atoms with van der Waals surface area (Å²) in [6.45, 7) is 6.78. The average Bonchev–Trinajstić information content (AvgIpc) is 3.18. The van der Waals surface area contributed by atoms with E-state index in [0.717, 1.165) is 31.2 Å². The molecule has 0 aliphatic rings. The molecule has 0 amide bonds. The summed E-state index contributed by atoms with van der Waals surface area (Å²) in [6.07, 6.45) is 4.77. The van der Waals surface area contributed by atoms with Gasteiger partial charge in [-0.1, -0.05) is 13.8 Å². The smallest absolute Gasteiger partial charge is 0.191 e. The van der Waals surface area contributed by atoms with E-state index in [1.165, 1.54) is 5.01 Å². The molecule has 22 heavy (non-hydrogen) atoms. The molecule has 2 N–H and O–H groups in total. The highest BCUT2D eigenvalue weighted by Gasteiger charge is 2.06. The molecule has 2 aromatic rings. The molecule has 2 rings (SSSR count). The van der Waals surface area contributed by atoms with E-state index in [9.17, 15) is 0 Å². The fourth-order valence-electron chi connectivity index (χ4n) is 1.94. The molecule has 0 aliphatic heterocycles. The summed E-state index contributed by atoms with van der Waals surface area (Å²) in [5, 5.41) is 14.1. The minimum atomic E-state index is 0.485. The number of nitrogens with zero attached hydrogens (tertiary/aromatic N) is 4. The number of hydrogen-bond donors (Lipinski definition) is 2. The van der Waals surface area contributed by atoms with Gasteiger partial charge in [-0.3, -0.25) is 9.67 Å². The van der Waals surface area contributed by atoms with Crippen LogP contribution in [0.25, 0.3) is 0 Å². The maximum Gasteiger partial charge on any atom is 0.191 e. The van der Waals surface area contributed by atoms with Crippen LogP contribution in [0, 0.1) is 0 Å². The van der Waals surface area contributed by atoms with Gasteiger partial charge >= 0.3 is 0 Å². The van der Waals surface area contributed by atoms with Gasteiger partial charge in [-0.15, -0.1) is 11.3 Å². The summed E-state index contributed by atoms with van der Waals surface area (Å²) in [4.78, 5) is 8.84. The van der Waals surface area contributed by atoms with Crippen LogP contribution in [0.3, 0.4) is 0 Å². The van der Waals surface area contributed by atoms with Gasteiger partial charge in [0.1, 0.15) is 0 Å². The van der Waals surface area contributed by atoms with E-state index in [1.807, 2.05) is 16.9 Å². The molecule has 0 bridgehead atoms. The Balaban J connectivity index is 1.68. The highest BCUT2D eigenvalue weighted by atomic mass is 32.1. The molecule has 0 saturated heterocycles. The molecule has 2 aromatic heterocycles. The Morgan fingerprint density at radius 3 is 2.91 bits per heavy atom. The number of aryl methyl sites for hydroxylation is 1. The predicted molar refractivity (Wildman–Crippen MR) is 91.2 cm³/mol. The number of aromatic nitrogens is 3. The van der Waals surface area contributed by atoms with Gasteiger partial charge < -0.3 is 10.6 Å². The van der Waals surface area contributed by atoms with Crippen molar-refractivity contribution in [1.29, 1.82) is 0 Å². The van der Waals surface area contributed by atoms with Gasteiger partial charge in [-0.25, -0.2) is 4.98 Å². The molecule has 0 atom stereocenters. The van der Waals surface area contributed by atoms with Crippen LogP contribution in [0.15, 0.2) is 28.8 Å². The van der Waals surface area contributed by atoms with Gasteiger partial charge in [0.25, 0.3) is 0 Å². The van der Waals surface area contributed by atoms with E-state index < -0.39 is 0 Å². The Kier molecular flexibility index (Phi) is 6.39. The van der Waals surface area contributed by atoms with Crippen LogP contribution in [0.1, 0.15) is 36.9 Å². The lowest BCUT2D eigenvalue weighted by Crippen LogP contribution is -2.37. The number of guanidine groups is 1. The SMILES string of the molecule is CN=C(NCCCn1cccn1)NCc1csc(C(C)C)n1.